The van der Waals surface area contributed by atoms with E-state index in [-0.39, 0.29) is 18.9 Å². The third-order valence-electron chi connectivity index (χ3n) is 2.77. The van der Waals surface area contributed by atoms with Gasteiger partial charge in [-0.15, -0.1) is 0 Å². The van der Waals surface area contributed by atoms with Crippen LogP contribution in [-0.4, -0.2) is 35.0 Å². The molecule has 0 aliphatic heterocycles. The number of benzene rings is 1. The fourth-order valence-corrected chi connectivity index (χ4v) is 1.83. The van der Waals surface area contributed by atoms with Gasteiger partial charge >= 0.3 is 5.97 Å². The van der Waals surface area contributed by atoms with Gasteiger partial charge in [0.2, 0.25) is 0 Å². The zero-order chi connectivity index (χ0) is 14.4. The van der Waals surface area contributed by atoms with Crippen LogP contribution in [0, 0.1) is 12.8 Å². The summed E-state index contributed by atoms with van der Waals surface area (Å²) in [5.41, 5.74) is 1.70. The highest BCUT2D eigenvalue weighted by atomic mass is 16.4. The first-order valence-electron chi connectivity index (χ1n) is 6.48. The molecule has 1 N–H and O–H groups in total. The Morgan fingerprint density at radius 3 is 2.26 bits per heavy atom. The number of carboxylic acids is 1. The largest absolute Gasteiger partial charge is 0.481 e. The van der Waals surface area contributed by atoms with Gasteiger partial charge in [-0.1, -0.05) is 31.5 Å². The molecule has 104 valence electrons. The lowest BCUT2D eigenvalue weighted by Gasteiger charge is -2.24. The average Bonchev–Trinajstić information content (AvgIpc) is 2.34. The van der Waals surface area contributed by atoms with E-state index >= 15 is 0 Å². The van der Waals surface area contributed by atoms with Crippen LogP contribution in [0.1, 0.15) is 36.2 Å². The van der Waals surface area contributed by atoms with Crippen molar-refractivity contribution < 1.29 is 14.7 Å². The van der Waals surface area contributed by atoms with Gasteiger partial charge in [0.25, 0.3) is 5.91 Å². The minimum atomic E-state index is -0.884. The Hall–Kier alpha value is -1.84. The lowest BCUT2D eigenvalue weighted by molar-refractivity contribution is -0.137. The predicted octanol–water partition coefficient (Wildman–Crippen LogP) is 2.57. The molecule has 0 aliphatic rings. The third kappa shape index (κ3) is 5.12. The minimum absolute atomic E-state index is 0.0235. The van der Waals surface area contributed by atoms with E-state index in [1.807, 2.05) is 32.9 Å². The molecule has 1 aromatic carbocycles. The molecule has 0 spiro atoms. The molecule has 0 bridgehead atoms. The molecule has 0 atom stereocenters. The quantitative estimate of drug-likeness (QED) is 0.858. The summed E-state index contributed by atoms with van der Waals surface area (Å²) in [4.78, 5) is 24.6. The zero-order valence-corrected chi connectivity index (χ0v) is 11.7. The second-order valence-electron chi connectivity index (χ2n) is 5.15. The molecule has 1 rings (SSSR count). The maximum Gasteiger partial charge on any atom is 0.305 e. The van der Waals surface area contributed by atoms with Crippen LogP contribution in [0.15, 0.2) is 24.3 Å². The molecule has 4 nitrogen and oxygen atoms in total. The van der Waals surface area contributed by atoms with E-state index in [2.05, 4.69) is 0 Å². The van der Waals surface area contributed by atoms with Crippen molar-refractivity contribution in [2.45, 2.75) is 27.2 Å². The number of aliphatic carboxylic acids is 1. The first-order valence-corrected chi connectivity index (χ1v) is 6.48. The summed E-state index contributed by atoms with van der Waals surface area (Å²) in [5, 5.41) is 8.75. The molecule has 0 aliphatic carbocycles. The Morgan fingerprint density at radius 2 is 1.79 bits per heavy atom. The Bertz CT molecular complexity index is 437. The molecule has 0 aromatic heterocycles. The summed E-state index contributed by atoms with van der Waals surface area (Å²) in [5.74, 6) is -0.677. The van der Waals surface area contributed by atoms with Gasteiger partial charge in [-0.3, -0.25) is 9.59 Å². The summed E-state index contributed by atoms with van der Waals surface area (Å²) in [6, 6.07) is 7.34. The second-order valence-corrected chi connectivity index (χ2v) is 5.15. The molecule has 0 saturated heterocycles. The molecule has 1 aromatic rings. The fraction of sp³-hybridized carbons (Fsp3) is 0.467. The van der Waals surface area contributed by atoms with Gasteiger partial charge in [0.1, 0.15) is 0 Å². The lowest BCUT2D eigenvalue weighted by atomic mass is 10.1. The zero-order valence-electron chi connectivity index (χ0n) is 11.7. The Kier molecular flexibility index (Phi) is 5.55. The number of hydrogen-bond acceptors (Lipinski definition) is 2. The van der Waals surface area contributed by atoms with E-state index in [0.717, 1.165) is 5.56 Å². The highest BCUT2D eigenvalue weighted by molar-refractivity contribution is 5.94. The molecule has 0 radical (unpaired) electrons. The van der Waals surface area contributed by atoms with Gasteiger partial charge in [-0.2, -0.15) is 0 Å². The van der Waals surface area contributed by atoms with Crippen molar-refractivity contribution in [2.24, 2.45) is 5.92 Å². The molecule has 0 saturated carbocycles. The second kappa shape index (κ2) is 6.92. The number of nitrogens with zero attached hydrogens (tertiary/aromatic N) is 1. The van der Waals surface area contributed by atoms with Gasteiger partial charge < -0.3 is 10.0 Å². The molecular weight excluding hydrogens is 242 g/mol. The van der Waals surface area contributed by atoms with Gasteiger partial charge in [-0.05, 0) is 25.0 Å². The van der Waals surface area contributed by atoms with E-state index in [1.54, 1.807) is 17.0 Å². The van der Waals surface area contributed by atoms with E-state index in [1.165, 1.54) is 0 Å². The number of hydrogen-bond donors (Lipinski definition) is 1. The fourth-order valence-electron chi connectivity index (χ4n) is 1.83. The van der Waals surface area contributed by atoms with Crippen LogP contribution in [0.25, 0.3) is 0 Å². The molecule has 19 heavy (non-hydrogen) atoms. The normalized spacial score (nSPS) is 10.5. The summed E-state index contributed by atoms with van der Waals surface area (Å²) >= 11 is 0. The van der Waals surface area contributed by atoms with Crippen molar-refractivity contribution in [3.8, 4) is 0 Å². The molecular formula is C15H21NO3. The average molecular weight is 263 g/mol. The van der Waals surface area contributed by atoms with Crippen LogP contribution in [0.3, 0.4) is 0 Å². The highest BCUT2D eigenvalue weighted by Crippen LogP contribution is 2.10. The number of carbonyl (C=O) groups is 2. The number of rotatable bonds is 6. The Balaban J connectivity index is 2.80. The molecule has 1 amide bonds. The summed E-state index contributed by atoms with van der Waals surface area (Å²) in [6.07, 6.45) is -0.0235. The topological polar surface area (TPSA) is 57.6 Å². The SMILES string of the molecule is Cc1ccc(C(=O)N(CCC(=O)O)CC(C)C)cc1. The lowest BCUT2D eigenvalue weighted by Crippen LogP contribution is -2.35. The minimum Gasteiger partial charge on any atom is -0.481 e. The monoisotopic (exact) mass is 263 g/mol. The van der Waals surface area contributed by atoms with E-state index in [0.29, 0.717) is 18.0 Å². The van der Waals surface area contributed by atoms with Crippen molar-refractivity contribution in [3.63, 3.8) is 0 Å². The van der Waals surface area contributed by atoms with E-state index in [9.17, 15) is 9.59 Å². The maximum absolute atomic E-state index is 12.3. The maximum atomic E-state index is 12.3. The smallest absolute Gasteiger partial charge is 0.305 e. The van der Waals surface area contributed by atoms with Crippen molar-refractivity contribution in [2.75, 3.05) is 13.1 Å². The molecule has 0 unspecified atom stereocenters. The van der Waals surface area contributed by atoms with Crippen molar-refractivity contribution in [3.05, 3.63) is 35.4 Å². The Labute approximate surface area is 114 Å². The summed E-state index contributed by atoms with van der Waals surface area (Å²) in [7, 11) is 0. The van der Waals surface area contributed by atoms with Crippen molar-refractivity contribution in [1.82, 2.24) is 4.90 Å². The van der Waals surface area contributed by atoms with Crippen LogP contribution in [0.5, 0.6) is 0 Å². The summed E-state index contributed by atoms with van der Waals surface area (Å²) in [6.45, 7) is 6.80. The third-order valence-corrected chi connectivity index (χ3v) is 2.77. The molecule has 0 heterocycles. The van der Waals surface area contributed by atoms with Crippen LogP contribution in [0.2, 0.25) is 0 Å². The van der Waals surface area contributed by atoms with Crippen LogP contribution in [-0.2, 0) is 4.79 Å². The summed E-state index contributed by atoms with van der Waals surface area (Å²) < 4.78 is 0. The van der Waals surface area contributed by atoms with E-state index < -0.39 is 5.97 Å². The first kappa shape index (κ1) is 15.2. The van der Waals surface area contributed by atoms with Gasteiger partial charge in [0.15, 0.2) is 0 Å². The van der Waals surface area contributed by atoms with Crippen LogP contribution >= 0.6 is 0 Å². The number of carbonyl (C=O) groups excluding carboxylic acids is 1. The van der Waals surface area contributed by atoms with Gasteiger partial charge in [-0.25, -0.2) is 0 Å². The molecule has 0 fully saturated rings. The van der Waals surface area contributed by atoms with Crippen molar-refractivity contribution >= 4 is 11.9 Å². The molecule has 4 heteroatoms. The van der Waals surface area contributed by atoms with Crippen LogP contribution < -0.4 is 0 Å². The van der Waals surface area contributed by atoms with Gasteiger partial charge in [0, 0.05) is 18.7 Å². The Morgan fingerprint density at radius 1 is 1.21 bits per heavy atom. The van der Waals surface area contributed by atoms with E-state index in [4.69, 9.17) is 5.11 Å². The number of amides is 1. The number of carboxylic acid groups (broad SMARTS) is 1. The first-order chi connectivity index (χ1) is 8.90. The van der Waals surface area contributed by atoms with Gasteiger partial charge in [0.05, 0.1) is 6.42 Å². The predicted molar refractivity (Wildman–Crippen MR) is 74.2 cm³/mol. The standard InChI is InChI=1S/C15H21NO3/c1-11(2)10-16(9-8-14(17)18)15(19)13-6-4-12(3)5-7-13/h4-7,11H,8-10H2,1-3H3,(H,17,18). The highest BCUT2D eigenvalue weighted by Gasteiger charge is 2.17. The van der Waals surface area contributed by atoms with Crippen molar-refractivity contribution in [1.29, 1.82) is 0 Å². The number of aryl methyl sites for hydroxylation is 1. The van der Waals surface area contributed by atoms with Crippen LogP contribution in [0.4, 0.5) is 0 Å².